The van der Waals surface area contributed by atoms with Crippen LogP contribution in [0.5, 0.6) is 0 Å². The number of ether oxygens (including phenoxy) is 1. The molecule has 1 aliphatic heterocycles. The minimum absolute atomic E-state index is 0.0140. The number of H-pyrrole nitrogens is 1. The fourth-order valence-electron chi connectivity index (χ4n) is 4.12. The molecule has 0 radical (unpaired) electrons. The Kier molecular flexibility index (Phi) is 7.30. The fraction of sp³-hybridized carbons (Fsp3) is 0.207. The average molecular weight is 482 g/mol. The van der Waals surface area contributed by atoms with Crippen LogP contribution in [-0.2, 0) is 20.8 Å². The van der Waals surface area contributed by atoms with Gasteiger partial charge in [-0.1, -0.05) is 54.6 Å². The van der Waals surface area contributed by atoms with Crippen LogP contribution in [0.1, 0.15) is 52.1 Å². The van der Waals surface area contributed by atoms with Crippen molar-refractivity contribution in [3.8, 4) is 0 Å². The summed E-state index contributed by atoms with van der Waals surface area (Å²) in [7, 11) is 0. The summed E-state index contributed by atoms with van der Waals surface area (Å²) >= 11 is 0. The lowest BCUT2D eigenvalue weighted by atomic mass is 10.0. The number of imidazole rings is 1. The molecule has 1 aliphatic rings. The predicted octanol–water partition coefficient (Wildman–Crippen LogP) is 4.97. The summed E-state index contributed by atoms with van der Waals surface area (Å²) in [6.45, 7) is 0.658. The van der Waals surface area contributed by atoms with E-state index >= 15 is 0 Å². The molecule has 1 atom stereocenters. The second-order valence-electron chi connectivity index (χ2n) is 8.74. The lowest BCUT2D eigenvalue weighted by Crippen LogP contribution is -2.32. The van der Waals surface area contributed by atoms with E-state index in [-0.39, 0.29) is 18.0 Å². The Hall–Kier alpha value is -4.07. The molecule has 36 heavy (non-hydrogen) atoms. The molecule has 0 aliphatic carbocycles. The summed E-state index contributed by atoms with van der Waals surface area (Å²) in [5, 5.41) is 0. The van der Waals surface area contributed by atoms with Crippen molar-refractivity contribution in [3.05, 3.63) is 107 Å². The topological polar surface area (TPSA) is 93.3 Å². The SMILES string of the molecule is O=C(/C=C/c1ccc(Cc2nc3ccc(C(=O)c4ccccc4)cc3[nH]2)cc1)NOC1CCCCO1. The summed E-state index contributed by atoms with van der Waals surface area (Å²) in [6.07, 6.45) is 6.26. The van der Waals surface area contributed by atoms with Gasteiger partial charge in [-0.2, -0.15) is 0 Å². The number of aromatic amines is 1. The lowest BCUT2D eigenvalue weighted by Gasteiger charge is -2.21. The number of rotatable bonds is 8. The number of carbonyl (C=O) groups excluding carboxylic acids is 2. The second-order valence-corrected chi connectivity index (χ2v) is 8.74. The molecule has 1 unspecified atom stereocenters. The minimum atomic E-state index is -0.371. The maximum atomic E-state index is 12.7. The van der Waals surface area contributed by atoms with E-state index in [2.05, 4.69) is 15.4 Å². The van der Waals surface area contributed by atoms with Gasteiger partial charge < -0.3 is 9.72 Å². The highest BCUT2D eigenvalue weighted by atomic mass is 16.8. The third-order valence-corrected chi connectivity index (χ3v) is 6.04. The van der Waals surface area contributed by atoms with Gasteiger partial charge in [0.25, 0.3) is 5.91 Å². The van der Waals surface area contributed by atoms with E-state index in [0.29, 0.717) is 24.2 Å². The molecular formula is C29H27N3O4. The predicted molar refractivity (Wildman–Crippen MR) is 137 cm³/mol. The lowest BCUT2D eigenvalue weighted by molar-refractivity contribution is -0.198. The van der Waals surface area contributed by atoms with E-state index in [4.69, 9.17) is 9.57 Å². The van der Waals surface area contributed by atoms with E-state index < -0.39 is 0 Å². The standard InChI is InChI=1S/C29H27N3O4/c33-27(32-36-28-8-4-5-17-35-28)16-13-20-9-11-21(12-10-20)18-26-30-24-15-14-23(19-25(24)31-26)29(34)22-6-2-1-3-7-22/h1-3,6-7,9-16,19,28H,4-5,8,17-18H2,(H,30,31)(H,32,33)/b16-13+. The zero-order valence-corrected chi connectivity index (χ0v) is 19.8. The van der Waals surface area contributed by atoms with Crippen molar-refractivity contribution < 1.29 is 19.2 Å². The molecule has 1 saturated heterocycles. The number of aromatic nitrogens is 2. The van der Waals surface area contributed by atoms with Gasteiger partial charge in [-0.15, -0.1) is 0 Å². The van der Waals surface area contributed by atoms with Gasteiger partial charge in [-0.25, -0.2) is 15.3 Å². The maximum Gasteiger partial charge on any atom is 0.267 e. The maximum absolute atomic E-state index is 12.7. The van der Waals surface area contributed by atoms with Gasteiger partial charge in [0.2, 0.25) is 0 Å². The number of hydrogen-bond acceptors (Lipinski definition) is 5. The van der Waals surface area contributed by atoms with Crippen molar-refractivity contribution in [1.82, 2.24) is 15.4 Å². The van der Waals surface area contributed by atoms with E-state index in [9.17, 15) is 9.59 Å². The average Bonchev–Trinajstić information content (AvgIpc) is 3.33. The van der Waals surface area contributed by atoms with Crippen molar-refractivity contribution in [1.29, 1.82) is 0 Å². The van der Waals surface area contributed by atoms with Crippen LogP contribution in [0.15, 0.2) is 78.9 Å². The number of fused-ring (bicyclic) bond motifs is 1. The first kappa shape index (κ1) is 23.7. The van der Waals surface area contributed by atoms with Crippen LogP contribution in [0.2, 0.25) is 0 Å². The summed E-state index contributed by atoms with van der Waals surface area (Å²) in [5.74, 6) is 0.472. The molecule has 2 N–H and O–H groups in total. The number of amides is 1. The van der Waals surface area contributed by atoms with Crippen LogP contribution in [0.25, 0.3) is 17.1 Å². The molecule has 0 bridgehead atoms. The first-order valence-electron chi connectivity index (χ1n) is 12.1. The third-order valence-electron chi connectivity index (χ3n) is 6.04. The minimum Gasteiger partial charge on any atom is -0.350 e. The quantitative estimate of drug-likeness (QED) is 0.211. The number of carbonyl (C=O) groups is 2. The molecular weight excluding hydrogens is 454 g/mol. The van der Waals surface area contributed by atoms with Gasteiger partial charge in [0.15, 0.2) is 12.1 Å². The smallest absolute Gasteiger partial charge is 0.267 e. The first-order chi connectivity index (χ1) is 17.6. The van der Waals surface area contributed by atoms with Crippen LogP contribution < -0.4 is 5.48 Å². The highest BCUT2D eigenvalue weighted by molar-refractivity contribution is 6.10. The van der Waals surface area contributed by atoms with Gasteiger partial charge in [0, 0.05) is 36.7 Å². The molecule has 3 aromatic carbocycles. The van der Waals surface area contributed by atoms with Crippen LogP contribution in [0.3, 0.4) is 0 Å². The highest BCUT2D eigenvalue weighted by Gasteiger charge is 2.15. The summed E-state index contributed by atoms with van der Waals surface area (Å²) in [5.41, 5.74) is 7.33. The van der Waals surface area contributed by atoms with Crippen LogP contribution >= 0.6 is 0 Å². The van der Waals surface area contributed by atoms with E-state index in [1.54, 1.807) is 6.08 Å². The van der Waals surface area contributed by atoms with Gasteiger partial charge >= 0.3 is 0 Å². The Morgan fingerprint density at radius 3 is 2.64 bits per heavy atom. The van der Waals surface area contributed by atoms with Crippen LogP contribution in [-0.4, -0.2) is 34.6 Å². The molecule has 1 fully saturated rings. The Bertz CT molecular complexity index is 1370. The van der Waals surface area contributed by atoms with Gasteiger partial charge in [0.05, 0.1) is 11.0 Å². The van der Waals surface area contributed by atoms with Crippen molar-refractivity contribution in [2.24, 2.45) is 0 Å². The zero-order chi connectivity index (χ0) is 24.7. The van der Waals surface area contributed by atoms with E-state index in [1.165, 1.54) is 6.08 Å². The van der Waals surface area contributed by atoms with E-state index in [0.717, 1.165) is 47.2 Å². The van der Waals surface area contributed by atoms with Crippen molar-refractivity contribution in [2.45, 2.75) is 32.0 Å². The summed E-state index contributed by atoms with van der Waals surface area (Å²) in [6, 6.07) is 22.7. The second kappa shape index (κ2) is 11.1. The monoisotopic (exact) mass is 481 g/mol. The molecule has 1 aromatic heterocycles. The molecule has 0 saturated carbocycles. The molecule has 5 rings (SSSR count). The number of ketones is 1. The summed E-state index contributed by atoms with van der Waals surface area (Å²) in [4.78, 5) is 38.0. The van der Waals surface area contributed by atoms with Crippen molar-refractivity contribution in [2.75, 3.05) is 6.61 Å². The van der Waals surface area contributed by atoms with E-state index in [1.807, 2.05) is 72.8 Å². The highest BCUT2D eigenvalue weighted by Crippen LogP contribution is 2.19. The van der Waals surface area contributed by atoms with Gasteiger partial charge in [-0.3, -0.25) is 9.59 Å². The first-order valence-corrected chi connectivity index (χ1v) is 12.1. The fourth-order valence-corrected chi connectivity index (χ4v) is 4.12. The Labute approximate surface area is 209 Å². The number of hydrogen-bond donors (Lipinski definition) is 2. The van der Waals surface area contributed by atoms with Crippen LogP contribution in [0, 0.1) is 0 Å². The largest absolute Gasteiger partial charge is 0.350 e. The normalized spacial score (nSPS) is 15.8. The van der Waals surface area contributed by atoms with Crippen molar-refractivity contribution in [3.63, 3.8) is 0 Å². The van der Waals surface area contributed by atoms with Crippen molar-refractivity contribution >= 4 is 28.8 Å². The number of nitrogens with one attached hydrogen (secondary N) is 2. The number of hydroxylamine groups is 1. The number of benzene rings is 3. The molecule has 0 spiro atoms. The van der Waals surface area contributed by atoms with Gasteiger partial charge in [0.1, 0.15) is 5.82 Å². The Balaban J connectivity index is 1.18. The van der Waals surface area contributed by atoms with Gasteiger partial charge in [-0.05, 0) is 48.2 Å². The Morgan fingerprint density at radius 2 is 1.86 bits per heavy atom. The molecule has 7 nitrogen and oxygen atoms in total. The molecule has 1 amide bonds. The van der Waals surface area contributed by atoms with Crippen LogP contribution in [0.4, 0.5) is 0 Å². The molecule has 4 aromatic rings. The Morgan fingerprint density at radius 1 is 1.03 bits per heavy atom. The number of nitrogens with zero attached hydrogens (tertiary/aromatic N) is 1. The summed E-state index contributed by atoms with van der Waals surface area (Å²) < 4.78 is 5.42. The third kappa shape index (κ3) is 5.94. The molecule has 182 valence electrons. The molecule has 2 heterocycles. The zero-order valence-electron chi connectivity index (χ0n) is 19.8. The molecule has 7 heteroatoms.